The van der Waals surface area contributed by atoms with Gasteiger partial charge < -0.3 is 5.32 Å². The van der Waals surface area contributed by atoms with Crippen molar-refractivity contribution in [3.8, 4) is 0 Å². The zero-order valence-electron chi connectivity index (χ0n) is 9.14. The van der Waals surface area contributed by atoms with Crippen LogP contribution in [0.25, 0.3) is 0 Å². The number of anilines is 1. The maximum atomic E-state index is 11.7. The predicted octanol–water partition coefficient (Wildman–Crippen LogP) is 1.38. The van der Waals surface area contributed by atoms with E-state index in [4.69, 9.17) is 0 Å². The van der Waals surface area contributed by atoms with Gasteiger partial charge in [0.15, 0.2) is 0 Å². The Morgan fingerprint density at radius 2 is 2.19 bits per heavy atom. The van der Waals surface area contributed by atoms with E-state index in [1.807, 2.05) is 6.92 Å². The number of hydrogen-bond donors (Lipinski definition) is 1. The monoisotopic (exact) mass is 216 g/mol. The van der Waals surface area contributed by atoms with Gasteiger partial charge in [0.1, 0.15) is 0 Å². The van der Waals surface area contributed by atoms with Crippen LogP contribution < -0.4 is 5.32 Å². The topological polar surface area (TPSA) is 59.8 Å². The molecule has 1 amide bonds. The molecule has 0 saturated heterocycles. The van der Waals surface area contributed by atoms with Gasteiger partial charge in [0.2, 0.25) is 0 Å². The molecule has 5 nitrogen and oxygen atoms in total. The zero-order valence-corrected chi connectivity index (χ0v) is 9.14. The minimum Gasteiger partial charge on any atom is -0.319 e. The van der Waals surface area contributed by atoms with E-state index in [1.54, 1.807) is 42.5 Å². The number of carbonyl (C=O) groups is 1. The van der Waals surface area contributed by atoms with E-state index in [1.165, 1.54) is 0 Å². The Hall–Kier alpha value is -2.17. The Morgan fingerprint density at radius 1 is 1.38 bits per heavy atom. The molecule has 82 valence electrons. The van der Waals surface area contributed by atoms with E-state index < -0.39 is 0 Å². The largest absolute Gasteiger partial charge is 0.319 e. The Morgan fingerprint density at radius 3 is 2.75 bits per heavy atom. The molecule has 0 fully saturated rings. The highest BCUT2D eigenvalue weighted by Gasteiger charge is 2.06. The summed E-state index contributed by atoms with van der Waals surface area (Å²) in [6, 6.07) is 3.55. The first-order valence-electron chi connectivity index (χ1n) is 4.88. The summed E-state index contributed by atoms with van der Waals surface area (Å²) in [7, 11) is 1.79. The minimum atomic E-state index is -0.180. The van der Waals surface area contributed by atoms with Crippen LogP contribution in [-0.4, -0.2) is 20.7 Å². The molecule has 2 aromatic heterocycles. The smallest absolute Gasteiger partial charge is 0.257 e. The lowest BCUT2D eigenvalue weighted by molar-refractivity contribution is 0.102. The van der Waals surface area contributed by atoms with Gasteiger partial charge in [-0.05, 0) is 19.1 Å². The highest BCUT2D eigenvalue weighted by atomic mass is 16.1. The Balaban J connectivity index is 2.11. The standard InChI is InChI=1S/C11H12N4O/c1-8-3-4-9(5-12-8)11(16)14-10-6-13-15(2)7-10/h3-7H,1-2H3,(H,14,16). The molecule has 2 rings (SSSR count). The molecule has 2 heterocycles. The molecule has 5 heteroatoms. The molecule has 0 unspecified atom stereocenters. The van der Waals surface area contributed by atoms with Crippen molar-refractivity contribution in [1.29, 1.82) is 0 Å². The first kappa shape index (κ1) is 10.4. The second-order valence-corrected chi connectivity index (χ2v) is 3.55. The van der Waals surface area contributed by atoms with Crippen molar-refractivity contribution in [1.82, 2.24) is 14.8 Å². The number of aryl methyl sites for hydroxylation is 2. The number of hydrogen-bond acceptors (Lipinski definition) is 3. The van der Waals surface area contributed by atoms with Crippen molar-refractivity contribution >= 4 is 11.6 Å². The van der Waals surface area contributed by atoms with E-state index in [-0.39, 0.29) is 5.91 Å². The first-order chi connectivity index (χ1) is 7.65. The van der Waals surface area contributed by atoms with Crippen LogP contribution in [0.3, 0.4) is 0 Å². The van der Waals surface area contributed by atoms with Gasteiger partial charge in [0, 0.05) is 25.1 Å². The summed E-state index contributed by atoms with van der Waals surface area (Å²) < 4.78 is 1.63. The normalized spacial score (nSPS) is 10.1. The van der Waals surface area contributed by atoms with E-state index >= 15 is 0 Å². The van der Waals surface area contributed by atoms with Crippen LogP contribution in [-0.2, 0) is 7.05 Å². The summed E-state index contributed by atoms with van der Waals surface area (Å²) in [6.07, 6.45) is 4.89. The molecule has 0 aromatic carbocycles. The summed E-state index contributed by atoms with van der Waals surface area (Å²) in [5.41, 5.74) is 2.10. The van der Waals surface area contributed by atoms with E-state index in [9.17, 15) is 4.79 Å². The Kier molecular flexibility index (Phi) is 2.68. The highest BCUT2D eigenvalue weighted by molar-refractivity contribution is 6.03. The first-order valence-corrected chi connectivity index (χ1v) is 4.88. The van der Waals surface area contributed by atoms with Gasteiger partial charge in [-0.1, -0.05) is 0 Å². The highest BCUT2D eigenvalue weighted by Crippen LogP contribution is 2.07. The van der Waals surface area contributed by atoms with E-state index in [2.05, 4.69) is 15.4 Å². The molecule has 1 N–H and O–H groups in total. The Labute approximate surface area is 93.1 Å². The molecule has 2 aromatic rings. The number of rotatable bonds is 2. The van der Waals surface area contributed by atoms with Crippen molar-refractivity contribution in [3.63, 3.8) is 0 Å². The average molecular weight is 216 g/mol. The molecule has 16 heavy (non-hydrogen) atoms. The fraction of sp³-hybridized carbons (Fsp3) is 0.182. The van der Waals surface area contributed by atoms with E-state index in [0.29, 0.717) is 11.3 Å². The fourth-order valence-corrected chi connectivity index (χ4v) is 1.29. The van der Waals surface area contributed by atoms with Gasteiger partial charge in [-0.25, -0.2) is 0 Å². The number of nitrogens with zero attached hydrogens (tertiary/aromatic N) is 3. The van der Waals surface area contributed by atoms with Crippen LogP contribution in [0.15, 0.2) is 30.7 Å². The zero-order chi connectivity index (χ0) is 11.5. The summed E-state index contributed by atoms with van der Waals surface area (Å²) in [5, 5.41) is 6.70. The van der Waals surface area contributed by atoms with Crippen LogP contribution in [0.2, 0.25) is 0 Å². The number of nitrogens with one attached hydrogen (secondary N) is 1. The van der Waals surface area contributed by atoms with Gasteiger partial charge in [0.25, 0.3) is 5.91 Å². The van der Waals surface area contributed by atoms with Gasteiger partial charge in [-0.15, -0.1) is 0 Å². The van der Waals surface area contributed by atoms with E-state index in [0.717, 1.165) is 5.69 Å². The summed E-state index contributed by atoms with van der Waals surface area (Å²) in [6.45, 7) is 1.88. The van der Waals surface area contributed by atoms with Crippen molar-refractivity contribution in [3.05, 3.63) is 42.0 Å². The molecule has 0 radical (unpaired) electrons. The van der Waals surface area contributed by atoms with Crippen molar-refractivity contribution < 1.29 is 4.79 Å². The third-order valence-electron chi connectivity index (χ3n) is 2.14. The van der Waals surface area contributed by atoms with Crippen molar-refractivity contribution in [2.45, 2.75) is 6.92 Å². The van der Waals surface area contributed by atoms with Crippen molar-refractivity contribution in [2.75, 3.05) is 5.32 Å². The number of pyridine rings is 1. The third kappa shape index (κ3) is 2.25. The Bertz CT molecular complexity index is 501. The van der Waals surface area contributed by atoms with Crippen LogP contribution >= 0.6 is 0 Å². The molecule has 0 spiro atoms. The summed E-state index contributed by atoms with van der Waals surface area (Å²) in [5.74, 6) is -0.180. The fourth-order valence-electron chi connectivity index (χ4n) is 1.29. The molecular formula is C11H12N4O. The maximum absolute atomic E-state index is 11.7. The van der Waals surface area contributed by atoms with Crippen LogP contribution in [0.1, 0.15) is 16.1 Å². The molecule has 0 aliphatic rings. The van der Waals surface area contributed by atoms with Gasteiger partial charge in [0.05, 0.1) is 17.4 Å². The second-order valence-electron chi connectivity index (χ2n) is 3.55. The number of aromatic nitrogens is 3. The molecule has 0 atom stereocenters. The molecule has 0 saturated carbocycles. The second kappa shape index (κ2) is 4.14. The van der Waals surface area contributed by atoms with Gasteiger partial charge in [-0.2, -0.15) is 5.10 Å². The number of amides is 1. The summed E-state index contributed by atoms with van der Waals surface area (Å²) in [4.78, 5) is 15.8. The van der Waals surface area contributed by atoms with Gasteiger partial charge >= 0.3 is 0 Å². The lowest BCUT2D eigenvalue weighted by Gasteiger charge is -2.01. The molecule has 0 aliphatic carbocycles. The lowest BCUT2D eigenvalue weighted by Crippen LogP contribution is -2.11. The maximum Gasteiger partial charge on any atom is 0.257 e. The summed E-state index contributed by atoms with van der Waals surface area (Å²) >= 11 is 0. The molecule has 0 aliphatic heterocycles. The predicted molar refractivity (Wildman–Crippen MR) is 60.1 cm³/mol. The van der Waals surface area contributed by atoms with Gasteiger partial charge in [-0.3, -0.25) is 14.5 Å². The lowest BCUT2D eigenvalue weighted by atomic mass is 10.2. The minimum absolute atomic E-state index is 0.180. The van der Waals surface area contributed by atoms with Crippen LogP contribution in [0, 0.1) is 6.92 Å². The number of carbonyl (C=O) groups excluding carboxylic acids is 1. The SMILES string of the molecule is Cc1ccc(C(=O)Nc2cnn(C)c2)cn1. The van der Waals surface area contributed by atoms with Crippen molar-refractivity contribution in [2.24, 2.45) is 7.05 Å². The molecule has 0 bridgehead atoms. The van der Waals surface area contributed by atoms with Crippen LogP contribution in [0.4, 0.5) is 5.69 Å². The quantitative estimate of drug-likeness (QED) is 0.824. The van der Waals surface area contributed by atoms with Crippen LogP contribution in [0.5, 0.6) is 0 Å². The molecular weight excluding hydrogens is 204 g/mol. The average Bonchev–Trinajstić information content (AvgIpc) is 2.65. The third-order valence-corrected chi connectivity index (χ3v) is 2.14.